The van der Waals surface area contributed by atoms with Crippen LogP contribution in [-0.4, -0.2) is 82.1 Å². The van der Waals surface area contributed by atoms with E-state index in [-0.39, 0.29) is 11.6 Å². The van der Waals surface area contributed by atoms with E-state index in [1.807, 2.05) is 0 Å². The Kier molecular flexibility index (Phi) is 11.3. The summed E-state index contributed by atoms with van der Waals surface area (Å²) in [6, 6.07) is 4.13. The van der Waals surface area contributed by atoms with Crippen molar-refractivity contribution in [2.24, 2.45) is 0 Å². The summed E-state index contributed by atoms with van der Waals surface area (Å²) in [5.41, 5.74) is 0.676. The number of carboxylic acid groups (broad SMARTS) is 2. The van der Waals surface area contributed by atoms with Gasteiger partial charge in [-0.05, 0) is 24.7 Å². The van der Waals surface area contributed by atoms with Gasteiger partial charge in [-0.2, -0.15) is 26.3 Å². The molecule has 0 atom stereocenters. The van der Waals surface area contributed by atoms with Crippen LogP contribution in [-0.2, 0) is 16.1 Å². The molecule has 0 amide bonds. The first-order chi connectivity index (χ1) is 14.1. The number of piperazine rings is 1. The van der Waals surface area contributed by atoms with E-state index in [0.717, 1.165) is 32.7 Å². The van der Waals surface area contributed by atoms with E-state index >= 15 is 0 Å². The predicted molar refractivity (Wildman–Crippen MR) is 92.8 cm³/mol. The second kappa shape index (κ2) is 12.3. The number of aromatic hydroxyl groups is 1. The van der Waals surface area contributed by atoms with Gasteiger partial charge in [0.1, 0.15) is 11.6 Å². The Morgan fingerprint density at radius 2 is 1.29 bits per heavy atom. The quantitative estimate of drug-likeness (QED) is 0.589. The van der Waals surface area contributed by atoms with E-state index in [9.17, 15) is 35.8 Å². The normalized spacial score (nSPS) is 15.2. The first kappa shape index (κ1) is 28.4. The highest BCUT2D eigenvalue weighted by atomic mass is 19.4. The molecule has 1 aliphatic rings. The highest BCUT2D eigenvalue weighted by Crippen LogP contribution is 2.20. The van der Waals surface area contributed by atoms with E-state index in [1.54, 1.807) is 0 Å². The Balaban J connectivity index is 0.000000536. The molecule has 7 nitrogen and oxygen atoms in total. The number of nitrogens with zero attached hydrogens (tertiary/aromatic N) is 2. The van der Waals surface area contributed by atoms with Crippen LogP contribution >= 0.6 is 0 Å². The molecule has 14 heteroatoms. The van der Waals surface area contributed by atoms with Gasteiger partial charge in [0, 0.05) is 38.3 Å². The minimum atomic E-state index is -5.08. The lowest BCUT2D eigenvalue weighted by molar-refractivity contribution is -0.193. The summed E-state index contributed by atoms with van der Waals surface area (Å²) in [6.07, 6.45) is -10.2. The van der Waals surface area contributed by atoms with Gasteiger partial charge in [0.25, 0.3) is 0 Å². The van der Waals surface area contributed by atoms with Gasteiger partial charge in [-0.15, -0.1) is 0 Å². The Morgan fingerprint density at radius 1 is 0.903 bits per heavy atom. The minimum absolute atomic E-state index is 0.185. The zero-order chi connectivity index (χ0) is 24.4. The summed E-state index contributed by atoms with van der Waals surface area (Å²) in [6.45, 7) is 7.92. The maximum atomic E-state index is 13.1. The standard InChI is InChI=1S/C13H19FN2O.2C2HF3O2/c1-2-15-5-7-16(8-6-15)10-11-9-12(14)3-4-13(11)17;2*3-2(4,5)1(6)7/h3-4,9,17H,2,5-8,10H2,1H3;2*(H,6,7). The molecule has 0 saturated carbocycles. The van der Waals surface area contributed by atoms with E-state index in [0.29, 0.717) is 12.1 Å². The van der Waals surface area contributed by atoms with Gasteiger partial charge >= 0.3 is 24.3 Å². The lowest BCUT2D eigenvalue weighted by atomic mass is 10.1. The van der Waals surface area contributed by atoms with Gasteiger partial charge in [-0.1, -0.05) is 6.92 Å². The molecular weight excluding hydrogens is 445 g/mol. The van der Waals surface area contributed by atoms with Crippen LogP contribution in [0.25, 0.3) is 0 Å². The molecule has 31 heavy (non-hydrogen) atoms. The molecule has 0 aliphatic carbocycles. The number of likely N-dealkylation sites (N-methyl/N-ethyl adjacent to an activating group) is 1. The second-order valence-electron chi connectivity index (χ2n) is 6.09. The number of hydrogen-bond donors (Lipinski definition) is 3. The fraction of sp³-hybridized carbons (Fsp3) is 0.529. The fourth-order valence-electron chi connectivity index (χ4n) is 2.19. The van der Waals surface area contributed by atoms with Crippen LogP contribution in [0.4, 0.5) is 30.7 Å². The average Bonchev–Trinajstić information content (AvgIpc) is 2.65. The maximum absolute atomic E-state index is 13.1. The number of hydrogen-bond acceptors (Lipinski definition) is 5. The third-order valence-electron chi connectivity index (χ3n) is 3.83. The Bertz CT molecular complexity index is 694. The number of rotatable bonds is 3. The average molecular weight is 466 g/mol. The number of halogens is 7. The molecule has 0 aromatic heterocycles. The molecule has 2 rings (SSSR count). The van der Waals surface area contributed by atoms with Crippen molar-refractivity contribution in [2.75, 3.05) is 32.7 Å². The lowest BCUT2D eigenvalue weighted by Crippen LogP contribution is -2.45. The van der Waals surface area contributed by atoms with Crippen molar-refractivity contribution in [3.05, 3.63) is 29.6 Å². The fourth-order valence-corrected chi connectivity index (χ4v) is 2.19. The molecule has 1 aromatic carbocycles. The topological polar surface area (TPSA) is 101 Å². The SMILES string of the molecule is CCN1CCN(Cc2cc(F)ccc2O)CC1.O=C(O)C(F)(F)F.O=C(O)C(F)(F)F. The van der Waals surface area contributed by atoms with Gasteiger partial charge in [-0.3, -0.25) is 4.90 Å². The summed E-state index contributed by atoms with van der Waals surface area (Å²) in [4.78, 5) is 22.4. The Morgan fingerprint density at radius 3 is 1.65 bits per heavy atom. The highest BCUT2D eigenvalue weighted by molar-refractivity contribution is 5.73. The third kappa shape index (κ3) is 12.0. The Labute approximate surface area is 172 Å². The molecule has 0 radical (unpaired) electrons. The van der Waals surface area contributed by atoms with Gasteiger partial charge in [0.2, 0.25) is 0 Å². The number of carboxylic acids is 2. The highest BCUT2D eigenvalue weighted by Gasteiger charge is 2.38. The largest absolute Gasteiger partial charge is 0.508 e. The van der Waals surface area contributed by atoms with Crippen LogP contribution in [0.3, 0.4) is 0 Å². The molecule has 0 unspecified atom stereocenters. The van der Waals surface area contributed by atoms with Gasteiger partial charge in [0.05, 0.1) is 0 Å². The molecule has 1 aliphatic heterocycles. The molecular formula is C17H21F7N2O5. The van der Waals surface area contributed by atoms with Crippen LogP contribution in [0.15, 0.2) is 18.2 Å². The van der Waals surface area contributed by atoms with Gasteiger partial charge < -0.3 is 20.2 Å². The number of carbonyl (C=O) groups is 2. The van der Waals surface area contributed by atoms with Crippen molar-refractivity contribution in [2.45, 2.75) is 25.8 Å². The molecule has 0 spiro atoms. The van der Waals surface area contributed by atoms with Gasteiger partial charge in [-0.25, -0.2) is 14.0 Å². The summed E-state index contributed by atoms with van der Waals surface area (Å²) in [5.74, 6) is -5.62. The number of phenols is 1. The molecule has 1 aromatic rings. The molecule has 3 N–H and O–H groups in total. The van der Waals surface area contributed by atoms with E-state index in [1.165, 1.54) is 18.2 Å². The summed E-state index contributed by atoms with van der Waals surface area (Å²) < 4.78 is 76.6. The monoisotopic (exact) mass is 466 g/mol. The van der Waals surface area contributed by atoms with E-state index < -0.39 is 24.3 Å². The first-order valence-electron chi connectivity index (χ1n) is 8.60. The van der Waals surface area contributed by atoms with Crippen LogP contribution in [0.5, 0.6) is 5.75 Å². The van der Waals surface area contributed by atoms with Crippen LogP contribution in [0.2, 0.25) is 0 Å². The van der Waals surface area contributed by atoms with Crippen molar-refractivity contribution in [1.82, 2.24) is 9.80 Å². The molecule has 0 bridgehead atoms. The zero-order valence-electron chi connectivity index (χ0n) is 16.2. The van der Waals surface area contributed by atoms with Gasteiger partial charge in [0.15, 0.2) is 0 Å². The summed E-state index contributed by atoms with van der Waals surface area (Å²) in [7, 11) is 0. The number of alkyl halides is 6. The Hall–Kier alpha value is -2.61. The van der Waals surface area contributed by atoms with E-state index in [4.69, 9.17) is 19.8 Å². The number of aliphatic carboxylic acids is 2. The van der Waals surface area contributed by atoms with Crippen molar-refractivity contribution in [1.29, 1.82) is 0 Å². The molecule has 1 fully saturated rings. The lowest BCUT2D eigenvalue weighted by Gasteiger charge is -2.34. The van der Waals surface area contributed by atoms with Crippen LogP contribution in [0, 0.1) is 5.82 Å². The maximum Gasteiger partial charge on any atom is 0.490 e. The van der Waals surface area contributed by atoms with E-state index in [2.05, 4.69) is 16.7 Å². The number of benzene rings is 1. The van der Waals surface area contributed by atoms with Crippen molar-refractivity contribution < 1.29 is 55.6 Å². The zero-order valence-corrected chi connectivity index (χ0v) is 16.2. The van der Waals surface area contributed by atoms with Crippen LogP contribution < -0.4 is 0 Å². The summed E-state index contributed by atoms with van der Waals surface area (Å²) in [5, 5.41) is 23.9. The summed E-state index contributed by atoms with van der Waals surface area (Å²) >= 11 is 0. The first-order valence-corrected chi connectivity index (χ1v) is 8.60. The molecule has 178 valence electrons. The second-order valence-corrected chi connectivity index (χ2v) is 6.09. The minimum Gasteiger partial charge on any atom is -0.508 e. The van der Waals surface area contributed by atoms with Crippen molar-refractivity contribution in [3.63, 3.8) is 0 Å². The molecule has 1 heterocycles. The van der Waals surface area contributed by atoms with Crippen LogP contribution in [0.1, 0.15) is 12.5 Å². The third-order valence-corrected chi connectivity index (χ3v) is 3.83. The molecule has 1 saturated heterocycles. The van der Waals surface area contributed by atoms with Crippen molar-refractivity contribution >= 4 is 11.9 Å². The smallest absolute Gasteiger partial charge is 0.490 e. The van der Waals surface area contributed by atoms with Crippen molar-refractivity contribution in [3.8, 4) is 5.75 Å². The predicted octanol–water partition coefficient (Wildman–Crippen LogP) is 2.94. The number of phenolic OH excluding ortho intramolecular Hbond substituents is 1.